The minimum Gasteiger partial charge on any atom is -0.455 e. The van der Waals surface area contributed by atoms with Crippen molar-refractivity contribution in [1.82, 2.24) is 0 Å². The first kappa shape index (κ1) is 31.2. The van der Waals surface area contributed by atoms with Gasteiger partial charge in [0, 0.05) is 27.2 Å². The van der Waals surface area contributed by atoms with Gasteiger partial charge in [-0.3, -0.25) is 0 Å². The van der Waals surface area contributed by atoms with Crippen LogP contribution in [-0.2, 0) is 0 Å². The van der Waals surface area contributed by atoms with Crippen molar-refractivity contribution in [3.05, 3.63) is 200 Å². The number of benzene rings is 9. The van der Waals surface area contributed by atoms with Gasteiger partial charge in [0.1, 0.15) is 16.7 Å². The summed E-state index contributed by atoms with van der Waals surface area (Å²) in [7, 11) is 0. The summed E-state index contributed by atoms with van der Waals surface area (Å²) in [5.74, 6) is 0. The third-order valence-electron chi connectivity index (χ3n) is 10.8. The molecule has 0 spiro atoms. The van der Waals surface area contributed by atoms with E-state index in [0.29, 0.717) is 0 Å². The van der Waals surface area contributed by atoms with Crippen molar-refractivity contribution < 1.29 is 8.83 Å². The predicted molar refractivity (Wildman–Crippen MR) is 229 cm³/mol. The second kappa shape index (κ2) is 12.6. The van der Waals surface area contributed by atoms with Gasteiger partial charge in [-0.05, 0) is 87.3 Å². The van der Waals surface area contributed by atoms with E-state index in [9.17, 15) is 0 Å². The van der Waals surface area contributed by atoms with E-state index < -0.39 is 0 Å². The van der Waals surface area contributed by atoms with E-state index in [-0.39, 0.29) is 0 Å². The highest BCUT2D eigenvalue weighted by Gasteiger charge is 2.25. The quantitative estimate of drug-likeness (QED) is 0.173. The van der Waals surface area contributed by atoms with E-state index >= 15 is 0 Å². The molecule has 258 valence electrons. The molecule has 55 heavy (non-hydrogen) atoms. The third-order valence-corrected chi connectivity index (χ3v) is 10.8. The van der Waals surface area contributed by atoms with Gasteiger partial charge < -0.3 is 13.7 Å². The van der Waals surface area contributed by atoms with Crippen molar-refractivity contribution in [2.24, 2.45) is 0 Å². The van der Waals surface area contributed by atoms with Gasteiger partial charge in [0.15, 0.2) is 5.58 Å². The number of anilines is 3. The van der Waals surface area contributed by atoms with Gasteiger partial charge in [-0.1, -0.05) is 152 Å². The molecule has 11 aromatic rings. The summed E-state index contributed by atoms with van der Waals surface area (Å²) in [4.78, 5) is 2.35. The molecule has 11 rings (SSSR count). The fourth-order valence-corrected chi connectivity index (χ4v) is 8.32. The van der Waals surface area contributed by atoms with E-state index in [2.05, 4.69) is 193 Å². The smallest absolute Gasteiger partial charge is 0.159 e. The molecular weight excluding hydrogens is 671 g/mol. The van der Waals surface area contributed by atoms with Crippen LogP contribution in [0.5, 0.6) is 0 Å². The van der Waals surface area contributed by atoms with Crippen LogP contribution in [0, 0.1) is 0 Å². The van der Waals surface area contributed by atoms with Crippen LogP contribution in [0.4, 0.5) is 17.1 Å². The molecule has 3 heteroatoms. The number of fused-ring (bicyclic) bond motifs is 8. The first-order chi connectivity index (χ1) is 27.3. The maximum Gasteiger partial charge on any atom is 0.159 e. The second-order valence-electron chi connectivity index (χ2n) is 14.0. The topological polar surface area (TPSA) is 29.5 Å². The molecule has 0 aliphatic carbocycles. The summed E-state index contributed by atoms with van der Waals surface area (Å²) in [5.41, 5.74) is 13.4. The molecule has 9 aromatic carbocycles. The Labute approximate surface area is 317 Å². The van der Waals surface area contributed by atoms with Crippen molar-refractivity contribution in [2.75, 3.05) is 4.90 Å². The highest BCUT2D eigenvalue weighted by molar-refractivity contribution is 6.23. The Balaban J connectivity index is 1.21. The minimum absolute atomic E-state index is 0.828. The number of rotatable bonds is 6. The van der Waals surface area contributed by atoms with Crippen molar-refractivity contribution >= 4 is 71.7 Å². The summed E-state index contributed by atoms with van der Waals surface area (Å²) in [6.45, 7) is 0. The minimum atomic E-state index is 0.828. The van der Waals surface area contributed by atoms with Crippen LogP contribution in [0.1, 0.15) is 0 Å². The van der Waals surface area contributed by atoms with Gasteiger partial charge in [-0.25, -0.2) is 0 Å². The van der Waals surface area contributed by atoms with Crippen LogP contribution in [0.15, 0.2) is 209 Å². The number of hydrogen-bond donors (Lipinski definition) is 0. The third kappa shape index (κ3) is 5.13. The van der Waals surface area contributed by atoms with Crippen LogP contribution in [0.25, 0.3) is 88.0 Å². The van der Waals surface area contributed by atoms with Crippen LogP contribution < -0.4 is 4.90 Å². The van der Waals surface area contributed by atoms with Crippen LogP contribution in [-0.4, -0.2) is 0 Å². The molecule has 2 heterocycles. The molecule has 0 atom stereocenters. The average molecular weight is 704 g/mol. The summed E-state index contributed by atoms with van der Waals surface area (Å²) < 4.78 is 13.6. The molecule has 0 aliphatic rings. The predicted octanol–water partition coefficient (Wildman–Crippen LogP) is 15.1. The summed E-state index contributed by atoms with van der Waals surface area (Å²) in [6.07, 6.45) is 0. The summed E-state index contributed by atoms with van der Waals surface area (Å²) in [6, 6.07) is 70.8. The van der Waals surface area contributed by atoms with Gasteiger partial charge in [0.25, 0.3) is 0 Å². The first-order valence-electron chi connectivity index (χ1n) is 18.7. The lowest BCUT2D eigenvalue weighted by Crippen LogP contribution is -2.10. The SMILES string of the molecule is c1ccc(-c2cccc(-c3cc4c(oc5cccc(N(c6cccc(-c7ccccc7)c6)c6cccc7c6oc6ccccc67)c54)c4ccccc34)c2)cc1. The Hall–Kier alpha value is -7.36. The number of furan rings is 2. The van der Waals surface area contributed by atoms with Gasteiger partial charge >= 0.3 is 0 Å². The molecule has 0 aliphatic heterocycles. The normalized spacial score (nSPS) is 11.6. The molecule has 3 nitrogen and oxygen atoms in total. The lowest BCUT2D eigenvalue weighted by Gasteiger charge is -2.27. The monoisotopic (exact) mass is 703 g/mol. The lowest BCUT2D eigenvalue weighted by molar-refractivity contribution is 0.669. The van der Waals surface area contributed by atoms with E-state index in [1.807, 2.05) is 12.1 Å². The lowest BCUT2D eigenvalue weighted by atomic mass is 9.93. The van der Waals surface area contributed by atoms with E-state index in [0.717, 1.165) is 94.0 Å². The van der Waals surface area contributed by atoms with E-state index in [1.54, 1.807) is 0 Å². The number of nitrogens with zero attached hydrogens (tertiary/aromatic N) is 1. The van der Waals surface area contributed by atoms with Crippen molar-refractivity contribution in [3.8, 4) is 33.4 Å². The molecular formula is C52H33NO2. The Morgan fingerprint density at radius 2 is 0.836 bits per heavy atom. The Morgan fingerprint density at radius 3 is 1.64 bits per heavy atom. The van der Waals surface area contributed by atoms with Gasteiger partial charge in [-0.15, -0.1) is 0 Å². The maximum atomic E-state index is 6.89. The Morgan fingerprint density at radius 1 is 0.309 bits per heavy atom. The van der Waals surface area contributed by atoms with E-state index in [1.165, 1.54) is 11.1 Å². The largest absolute Gasteiger partial charge is 0.455 e. The molecule has 0 fully saturated rings. The molecule has 0 N–H and O–H groups in total. The van der Waals surface area contributed by atoms with Crippen molar-refractivity contribution in [2.45, 2.75) is 0 Å². The van der Waals surface area contributed by atoms with E-state index in [4.69, 9.17) is 8.83 Å². The molecule has 0 saturated heterocycles. The highest BCUT2D eigenvalue weighted by atomic mass is 16.3. The molecule has 0 unspecified atom stereocenters. The second-order valence-corrected chi connectivity index (χ2v) is 14.0. The van der Waals surface area contributed by atoms with Crippen LogP contribution in [0.3, 0.4) is 0 Å². The summed E-state index contributed by atoms with van der Waals surface area (Å²) >= 11 is 0. The zero-order valence-electron chi connectivity index (χ0n) is 29.8. The van der Waals surface area contributed by atoms with Crippen molar-refractivity contribution in [1.29, 1.82) is 0 Å². The number of hydrogen-bond acceptors (Lipinski definition) is 3. The zero-order valence-corrected chi connectivity index (χ0v) is 29.8. The van der Waals surface area contributed by atoms with Crippen LogP contribution >= 0.6 is 0 Å². The Bertz CT molecular complexity index is 3210. The van der Waals surface area contributed by atoms with Gasteiger partial charge in [-0.2, -0.15) is 0 Å². The van der Waals surface area contributed by atoms with Crippen molar-refractivity contribution in [3.63, 3.8) is 0 Å². The van der Waals surface area contributed by atoms with Gasteiger partial charge in [0.05, 0.1) is 16.8 Å². The standard InChI is InChI=1S/C52H33NO2/c1-3-15-34(16-4-1)36-19-11-21-38(31-36)44-33-45-50-46(27-14-30-49(50)55-51(45)42-25-8-7-23-40(42)44)53(39-22-12-20-37(32-39)35-17-5-2-6-18-35)47-28-13-26-43-41-24-9-10-29-48(41)54-52(43)47/h1-33H. The molecule has 0 amide bonds. The molecule has 2 aromatic heterocycles. The van der Waals surface area contributed by atoms with Gasteiger partial charge in [0.2, 0.25) is 0 Å². The summed E-state index contributed by atoms with van der Waals surface area (Å²) in [5, 5.41) is 6.51. The molecule has 0 saturated carbocycles. The first-order valence-corrected chi connectivity index (χ1v) is 18.7. The zero-order chi connectivity index (χ0) is 36.3. The number of para-hydroxylation sites is 2. The average Bonchev–Trinajstić information content (AvgIpc) is 3.84. The Kier molecular flexibility index (Phi) is 7.17. The maximum absolute atomic E-state index is 6.89. The fourth-order valence-electron chi connectivity index (χ4n) is 8.32. The highest BCUT2D eigenvalue weighted by Crippen LogP contribution is 2.49. The molecule has 0 radical (unpaired) electrons. The molecule has 0 bridgehead atoms. The van der Waals surface area contributed by atoms with Crippen LogP contribution in [0.2, 0.25) is 0 Å². The fraction of sp³-hybridized carbons (Fsp3) is 0.